The van der Waals surface area contributed by atoms with Crippen LogP contribution in [0.3, 0.4) is 0 Å². The Balaban J connectivity index is 2.01. The molecule has 2 aromatic heterocycles. The molecule has 3 rings (SSSR count). The number of amides is 1. The van der Waals surface area contributed by atoms with Crippen LogP contribution in [0.2, 0.25) is 0 Å². The Morgan fingerprint density at radius 2 is 2.20 bits per heavy atom. The molecule has 0 aromatic carbocycles. The minimum absolute atomic E-state index is 0.0238. The summed E-state index contributed by atoms with van der Waals surface area (Å²) in [5.74, 6) is 0.342. The second kappa shape index (κ2) is 6.44. The molecule has 1 aliphatic rings. The highest BCUT2D eigenvalue weighted by Gasteiger charge is 2.37. The molecule has 1 unspecified atom stereocenters. The highest BCUT2D eigenvalue weighted by molar-refractivity contribution is 5.74. The molecule has 1 aliphatic heterocycles. The first kappa shape index (κ1) is 17.3. The first-order valence-corrected chi connectivity index (χ1v) is 8.40. The van der Waals surface area contributed by atoms with Gasteiger partial charge in [0.15, 0.2) is 0 Å². The lowest BCUT2D eigenvalue weighted by molar-refractivity contribution is -0.121. The van der Waals surface area contributed by atoms with Crippen LogP contribution in [-0.2, 0) is 23.3 Å². The van der Waals surface area contributed by atoms with E-state index in [2.05, 4.69) is 25.8 Å². The topological polar surface area (TPSA) is 113 Å². The largest absolute Gasteiger partial charge is 0.342 e. The Labute approximate surface area is 145 Å². The van der Waals surface area contributed by atoms with Crippen molar-refractivity contribution in [3.63, 3.8) is 0 Å². The molecule has 1 amide bonds. The highest BCUT2D eigenvalue weighted by Crippen LogP contribution is 2.29. The molecule has 0 aliphatic carbocycles. The fraction of sp³-hybridized carbons (Fsp3) is 0.529. The van der Waals surface area contributed by atoms with Gasteiger partial charge in [0.25, 0.3) is 11.4 Å². The quantitative estimate of drug-likeness (QED) is 0.764. The molecule has 0 bridgehead atoms. The number of hydrogen-bond donors (Lipinski definition) is 3. The molecule has 0 saturated carbocycles. The predicted molar refractivity (Wildman–Crippen MR) is 91.8 cm³/mol. The lowest BCUT2D eigenvalue weighted by atomic mass is 9.88. The number of hydrogen-bond acceptors (Lipinski definition) is 6. The van der Waals surface area contributed by atoms with Gasteiger partial charge in [0, 0.05) is 32.1 Å². The molecule has 0 fully saturated rings. The Morgan fingerprint density at radius 1 is 1.44 bits per heavy atom. The van der Waals surface area contributed by atoms with Crippen molar-refractivity contribution in [1.82, 2.24) is 25.8 Å². The monoisotopic (exact) mass is 345 g/mol. The average Bonchev–Trinajstić information content (AvgIpc) is 3.03. The van der Waals surface area contributed by atoms with Gasteiger partial charge in [-0.25, -0.2) is 0 Å². The zero-order valence-electron chi connectivity index (χ0n) is 14.9. The molecule has 0 radical (unpaired) electrons. The summed E-state index contributed by atoms with van der Waals surface area (Å²) in [6.45, 7) is 8.72. The number of nitrogens with one attached hydrogen (secondary N) is 3. The van der Waals surface area contributed by atoms with E-state index in [0.29, 0.717) is 12.1 Å². The molecule has 8 heteroatoms. The van der Waals surface area contributed by atoms with E-state index >= 15 is 0 Å². The van der Waals surface area contributed by atoms with Crippen LogP contribution < -0.4 is 16.2 Å². The summed E-state index contributed by atoms with van der Waals surface area (Å²) in [6.07, 6.45) is 0.788. The third-order valence-corrected chi connectivity index (χ3v) is 4.78. The van der Waals surface area contributed by atoms with Crippen molar-refractivity contribution in [3.8, 4) is 11.4 Å². The normalized spacial score (nSPS) is 16.4. The number of pyridine rings is 1. The van der Waals surface area contributed by atoms with Gasteiger partial charge in [-0.3, -0.25) is 9.59 Å². The summed E-state index contributed by atoms with van der Waals surface area (Å²) in [7, 11) is 0. The minimum Gasteiger partial charge on any atom is -0.342 e. The molecular weight excluding hydrogens is 322 g/mol. The Hall–Kier alpha value is -2.48. The summed E-state index contributed by atoms with van der Waals surface area (Å²) < 4.78 is 5.40. The molecule has 0 saturated heterocycles. The van der Waals surface area contributed by atoms with E-state index in [-0.39, 0.29) is 29.1 Å². The maximum atomic E-state index is 12.4. The number of aromatic nitrogens is 3. The summed E-state index contributed by atoms with van der Waals surface area (Å²) in [5, 5.41) is 10.1. The van der Waals surface area contributed by atoms with Crippen LogP contribution in [0.4, 0.5) is 0 Å². The smallest absolute Gasteiger partial charge is 0.259 e. The van der Waals surface area contributed by atoms with Crippen LogP contribution in [0.25, 0.3) is 11.4 Å². The van der Waals surface area contributed by atoms with Crippen molar-refractivity contribution in [2.24, 2.45) is 5.92 Å². The first-order chi connectivity index (χ1) is 11.8. The average molecular weight is 345 g/mol. The zero-order chi connectivity index (χ0) is 18.2. The van der Waals surface area contributed by atoms with Crippen molar-refractivity contribution in [1.29, 1.82) is 0 Å². The van der Waals surface area contributed by atoms with Gasteiger partial charge >= 0.3 is 0 Å². The molecule has 2 aromatic rings. The van der Waals surface area contributed by atoms with Gasteiger partial charge in [-0.2, -0.15) is 4.98 Å². The minimum atomic E-state index is -0.806. The number of fused-ring (bicyclic) bond motifs is 1. The van der Waals surface area contributed by atoms with E-state index in [1.165, 1.54) is 6.92 Å². The van der Waals surface area contributed by atoms with Crippen LogP contribution >= 0.6 is 0 Å². The number of nitrogens with zero attached hydrogens (tertiary/aromatic N) is 2. The van der Waals surface area contributed by atoms with E-state index < -0.39 is 5.54 Å². The first-order valence-electron chi connectivity index (χ1n) is 8.40. The molecule has 0 spiro atoms. The molecule has 8 nitrogen and oxygen atoms in total. The zero-order valence-corrected chi connectivity index (χ0v) is 14.9. The number of H-pyrrole nitrogens is 1. The van der Waals surface area contributed by atoms with Crippen molar-refractivity contribution >= 4 is 5.91 Å². The Morgan fingerprint density at radius 3 is 2.88 bits per heavy atom. The summed E-state index contributed by atoms with van der Waals surface area (Å²) in [6, 6.07) is 1.81. The van der Waals surface area contributed by atoms with Crippen LogP contribution in [-0.4, -0.2) is 27.6 Å². The fourth-order valence-electron chi connectivity index (χ4n) is 2.95. The van der Waals surface area contributed by atoms with E-state index in [0.717, 1.165) is 24.2 Å². The number of aromatic amines is 1. The second-order valence-electron chi connectivity index (χ2n) is 6.90. The van der Waals surface area contributed by atoms with Gasteiger partial charge in [0.1, 0.15) is 5.54 Å². The molecular formula is C17H23N5O3. The third kappa shape index (κ3) is 3.21. The van der Waals surface area contributed by atoms with E-state index in [1.54, 1.807) is 6.07 Å². The van der Waals surface area contributed by atoms with Gasteiger partial charge in [0.2, 0.25) is 11.7 Å². The molecule has 3 N–H and O–H groups in total. The van der Waals surface area contributed by atoms with Crippen molar-refractivity contribution in [2.45, 2.75) is 46.2 Å². The van der Waals surface area contributed by atoms with Crippen molar-refractivity contribution < 1.29 is 9.32 Å². The highest BCUT2D eigenvalue weighted by atomic mass is 16.5. The molecule has 3 heterocycles. The van der Waals surface area contributed by atoms with Crippen LogP contribution in [0.5, 0.6) is 0 Å². The summed E-state index contributed by atoms with van der Waals surface area (Å²) in [5.41, 5.74) is 1.30. The SMILES string of the molecule is CC(=O)NC(C)(c1nc(-c2cc3c([nH]c2=O)CCNC3)no1)C(C)C. The lowest BCUT2D eigenvalue weighted by Crippen LogP contribution is -2.46. The van der Waals surface area contributed by atoms with Crippen molar-refractivity contribution in [2.75, 3.05) is 6.54 Å². The van der Waals surface area contributed by atoms with E-state index in [1.807, 2.05) is 20.8 Å². The van der Waals surface area contributed by atoms with Crippen LogP contribution in [0.15, 0.2) is 15.4 Å². The van der Waals surface area contributed by atoms with E-state index in [9.17, 15) is 9.59 Å². The van der Waals surface area contributed by atoms with Gasteiger partial charge in [-0.15, -0.1) is 0 Å². The number of carbonyl (C=O) groups is 1. The van der Waals surface area contributed by atoms with Gasteiger partial charge in [0.05, 0.1) is 5.56 Å². The molecule has 25 heavy (non-hydrogen) atoms. The Kier molecular flexibility index (Phi) is 4.47. The second-order valence-corrected chi connectivity index (χ2v) is 6.90. The number of rotatable bonds is 4. The number of carbonyl (C=O) groups excluding carboxylic acids is 1. The van der Waals surface area contributed by atoms with Crippen molar-refractivity contribution in [3.05, 3.63) is 33.6 Å². The maximum Gasteiger partial charge on any atom is 0.259 e. The summed E-state index contributed by atoms with van der Waals surface area (Å²) >= 11 is 0. The van der Waals surface area contributed by atoms with E-state index in [4.69, 9.17) is 4.52 Å². The Bertz CT molecular complexity index is 854. The predicted octanol–water partition coefficient (Wildman–Crippen LogP) is 1.08. The maximum absolute atomic E-state index is 12.4. The fourth-order valence-corrected chi connectivity index (χ4v) is 2.95. The molecule has 134 valence electrons. The van der Waals surface area contributed by atoms with Crippen LogP contribution in [0, 0.1) is 5.92 Å². The van der Waals surface area contributed by atoms with Gasteiger partial charge in [-0.1, -0.05) is 19.0 Å². The molecule has 1 atom stereocenters. The van der Waals surface area contributed by atoms with Gasteiger partial charge < -0.3 is 20.1 Å². The summed E-state index contributed by atoms with van der Waals surface area (Å²) in [4.78, 5) is 31.3. The standard InChI is InChI=1S/C17H23N5O3/c1-9(2)17(4,21-10(3)23)16-20-14(22-25-16)12-7-11-8-18-6-5-13(11)19-15(12)24/h7,9,18H,5-6,8H2,1-4H3,(H,19,24)(H,21,23). The van der Waals surface area contributed by atoms with Gasteiger partial charge in [-0.05, 0) is 24.5 Å². The third-order valence-electron chi connectivity index (χ3n) is 4.78. The lowest BCUT2D eigenvalue weighted by Gasteiger charge is -2.30. The van der Waals surface area contributed by atoms with Crippen LogP contribution in [0.1, 0.15) is 44.8 Å².